The van der Waals surface area contributed by atoms with Crippen LogP contribution in [-0.4, -0.2) is 53.7 Å². The van der Waals surface area contributed by atoms with Gasteiger partial charge in [0.15, 0.2) is 0 Å². The molecule has 14 heavy (non-hydrogen) atoms. The summed E-state index contributed by atoms with van der Waals surface area (Å²) < 4.78 is 0. The van der Waals surface area contributed by atoms with E-state index in [1.54, 1.807) is 0 Å². The number of likely N-dealkylation sites (tertiary alicyclic amines) is 1. The van der Waals surface area contributed by atoms with E-state index in [1.165, 1.54) is 0 Å². The van der Waals surface area contributed by atoms with Gasteiger partial charge in [-0.25, -0.2) is 5.01 Å². The highest BCUT2D eigenvalue weighted by molar-refractivity contribution is 5.69. The summed E-state index contributed by atoms with van der Waals surface area (Å²) in [6.07, 6.45) is 2.18. The molecule has 2 rings (SSSR count). The summed E-state index contributed by atoms with van der Waals surface area (Å²) in [5, 5.41) is 10.5. The van der Waals surface area contributed by atoms with Crippen molar-refractivity contribution in [1.82, 2.24) is 9.91 Å². The van der Waals surface area contributed by atoms with Crippen molar-refractivity contribution in [2.75, 3.05) is 32.7 Å². The fourth-order valence-electron chi connectivity index (χ4n) is 2.51. The first kappa shape index (κ1) is 9.89. The van der Waals surface area contributed by atoms with Gasteiger partial charge in [-0.1, -0.05) is 0 Å². The SMILES string of the molecule is NN1CC2(CCN(CC(=O)O)CC2)C1. The number of hydrogen-bond acceptors (Lipinski definition) is 4. The van der Waals surface area contributed by atoms with E-state index >= 15 is 0 Å². The van der Waals surface area contributed by atoms with Gasteiger partial charge in [0.25, 0.3) is 0 Å². The van der Waals surface area contributed by atoms with Gasteiger partial charge in [-0.15, -0.1) is 0 Å². The molecule has 0 atom stereocenters. The lowest BCUT2D eigenvalue weighted by atomic mass is 9.73. The third-order valence-electron chi connectivity index (χ3n) is 3.35. The van der Waals surface area contributed by atoms with Crippen molar-refractivity contribution in [2.45, 2.75) is 12.8 Å². The Labute approximate surface area is 83.4 Å². The topological polar surface area (TPSA) is 69.8 Å². The highest BCUT2D eigenvalue weighted by atomic mass is 16.4. The van der Waals surface area contributed by atoms with E-state index in [1.807, 2.05) is 9.91 Å². The van der Waals surface area contributed by atoms with Crippen LogP contribution in [0.3, 0.4) is 0 Å². The van der Waals surface area contributed by atoms with Crippen molar-refractivity contribution in [1.29, 1.82) is 0 Å². The number of nitrogens with two attached hydrogens (primary N) is 1. The number of rotatable bonds is 2. The van der Waals surface area contributed by atoms with Crippen LogP contribution in [0, 0.1) is 5.41 Å². The van der Waals surface area contributed by atoms with Crippen molar-refractivity contribution in [2.24, 2.45) is 11.3 Å². The molecule has 5 nitrogen and oxygen atoms in total. The molecule has 0 radical (unpaired) electrons. The molecule has 1 spiro atoms. The maximum Gasteiger partial charge on any atom is 0.317 e. The van der Waals surface area contributed by atoms with Gasteiger partial charge >= 0.3 is 5.97 Å². The average molecular weight is 199 g/mol. The van der Waals surface area contributed by atoms with Gasteiger partial charge in [-0.3, -0.25) is 15.5 Å². The van der Waals surface area contributed by atoms with Crippen LogP contribution in [0.1, 0.15) is 12.8 Å². The minimum atomic E-state index is -0.727. The Balaban J connectivity index is 1.78. The summed E-state index contributed by atoms with van der Waals surface area (Å²) in [6.45, 7) is 3.95. The quantitative estimate of drug-likeness (QED) is 0.578. The second-order valence-corrected chi connectivity index (χ2v) is 4.57. The summed E-state index contributed by atoms with van der Waals surface area (Å²) >= 11 is 0. The van der Waals surface area contributed by atoms with Crippen LogP contribution in [0.2, 0.25) is 0 Å². The minimum Gasteiger partial charge on any atom is -0.480 e. The summed E-state index contributed by atoms with van der Waals surface area (Å²) in [5.41, 5.74) is 0.407. The van der Waals surface area contributed by atoms with E-state index in [0.717, 1.165) is 39.0 Å². The molecule has 0 aromatic heterocycles. The molecule has 5 heteroatoms. The molecule has 2 heterocycles. The zero-order valence-corrected chi connectivity index (χ0v) is 8.28. The zero-order chi connectivity index (χ0) is 10.2. The summed E-state index contributed by atoms with van der Waals surface area (Å²) in [6, 6.07) is 0. The van der Waals surface area contributed by atoms with Gasteiger partial charge < -0.3 is 5.11 Å². The lowest BCUT2D eigenvalue weighted by Gasteiger charge is -2.52. The number of piperidine rings is 1. The van der Waals surface area contributed by atoms with E-state index in [9.17, 15) is 4.79 Å². The zero-order valence-electron chi connectivity index (χ0n) is 8.28. The first-order valence-electron chi connectivity index (χ1n) is 5.03. The van der Waals surface area contributed by atoms with Gasteiger partial charge in [-0.05, 0) is 25.9 Å². The number of nitrogens with zero attached hydrogens (tertiary/aromatic N) is 2. The summed E-state index contributed by atoms with van der Waals surface area (Å²) in [7, 11) is 0. The van der Waals surface area contributed by atoms with Crippen LogP contribution in [-0.2, 0) is 4.79 Å². The second-order valence-electron chi connectivity index (χ2n) is 4.57. The first-order valence-corrected chi connectivity index (χ1v) is 5.03. The van der Waals surface area contributed by atoms with Crippen molar-refractivity contribution in [3.63, 3.8) is 0 Å². The van der Waals surface area contributed by atoms with Crippen LogP contribution in [0.15, 0.2) is 0 Å². The molecule has 0 aromatic carbocycles. The smallest absolute Gasteiger partial charge is 0.317 e. The van der Waals surface area contributed by atoms with E-state index in [2.05, 4.69) is 0 Å². The summed E-state index contributed by atoms with van der Waals surface area (Å²) in [5.74, 6) is 4.90. The van der Waals surface area contributed by atoms with Crippen LogP contribution < -0.4 is 5.84 Å². The van der Waals surface area contributed by atoms with Gasteiger partial charge in [0, 0.05) is 18.5 Å². The molecule has 0 saturated carbocycles. The number of carbonyl (C=O) groups is 1. The Kier molecular flexibility index (Phi) is 2.47. The van der Waals surface area contributed by atoms with Gasteiger partial charge in [0.05, 0.1) is 6.54 Å². The Morgan fingerprint density at radius 3 is 2.36 bits per heavy atom. The maximum atomic E-state index is 10.5. The fourth-order valence-corrected chi connectivity index (χ4v) is 2.51. The highest BCUT2D eigenvalue weighted by Crippen LogP contribution is 2.38. The number of hydrogen-bond donors (Lipinski definition) is 2. The molecule has 0 aliphatic carbocycles. The van der Waals surface area contributed by atoms with Crippen LogP contribution >= 0.6 is 0 Å². The third-order valence-corrected chi connectivity index (χ3v) is 3.35. The monoisotopic (exact) mass is 199 g/mol. The van der Waals surface area contributed by atoms with Crippen LogP contribution in [0.5, 0.6) is 0 Å². The molecule has 0 unspecified atom stereocenters. The molecule has 2 aliphatic heterocycles. The van der Waals surface area contributed by atoms with Crippen LogP contribution in [0.25, 0.3) is 0 Å². The van der Waals surface area contributed by atoms with Crippen molar-refractivity contribution in [3.8, 4) is 0 Å². The van der Waals surface area contributed by atoms with E-state index < -0.39 is 5.97 Å². The lowest BCUT2D eigenvalue weighted by molar-refractivity contribution is -0.139. The Bertz CT molecular complexity index is 228. The number of aliphatic carboxylic acids is 1. The second kappa shape index (κ2) is 3.49. The van der Waals surface area contributed by atoms with E-state index in [-0.39, 0.29) is 6.54 Å². The predicted octanol–water partition coefficient (Wildman–Crippen LogP) is -0.657. The van der Waals surface area contributed by atoms with E-state index in [4.69, 9.17) is 10.9 Å². The average Bonchev–Trinajstić information content (AvgIpc) is 2.05. The normalized spacial score (nSPS) is 27.5. The molecule has 2 aliphatic rings. The lowest BCUT2D eigenvalue weighted by Crippen LogP contribution is -2.62. The molecular formula is C9H17N3O2. The fraction of sp³-hybridized carbons (Fsp3) is 0.889. The molecule has 2 fully saturated rings. The largest absolute Gasteiger partial charge is 0.480 e. The third kappa shape index (κ3) is 1.89. The molecule has 0 amide bonds. The number of hydrazine groups is 1. The molecule has 80 valence electrons. The number of carboxylic acid groups (broad SMARTS) is 1. The molecule has 0 aromatic rings. The van der Waals surface area contributed by atoms with Crippen molar-refractivity contribution in [3.05, 3.63) is 0 Å². The Hall–Kier alpha value is -0.650. The molecule has 3 N–H and O–H groups in total. The van der Waals surface area contributed by atoms with Crippen molar-refractivity contribution < 1.29 is 9.90 Å². The van der Waals surface area contributed by atoms with Crippen LogP contribution in [0.4, 0.5) is 0 Å². The highest BCUT2D eigenvalue weighted by Gasteiger charge is 2.43. The number of carboxylic acids is 1. The van der Waals surface area contributed by atoms with Gasteiger partial charge in [0.2, 0.25) is 0 Å². The van der Waals surface area contributed by atoms with E-state index in [0.29, 0.717) is 5.41 Å². The maximum absolute atomic E-state index is 10.5. The Morgan fingerprint density at radius 1 is 1.36 bits per heavy atom. The van der Waals surface area contributed by atoms with Gasteiger partial charge in [-0.2, -0.15) is 0 Å². The summed E-state index contributed by atoms with van der Waals surface area (Å²) in [4.78, 5) is 12.5. The Morgan fingerprint density at radius 2 is 1.93 bits per heavy atom. The van der Waals surface area contributed by atoms with Gasteiger partial charge in [0.1, 0.15) is 0 Å². The molecular weight excluding hydrogens is 182 g/mol. The van der Waals surface area contributed by atoms with Crippen molar-refractivity contribution >= 4 is 5.97 Å². The standard InChI is InChI=1S/C9H17N3O2/c10-12-6-9(7-12)1-3-11(4-2-9)5-8(13)14/h1-7,10H2,(H,13,14). The molecule has 0 bridgehead atoms. The minimum absolute atomic E-state index is 0.183. The predicted molar refractivity (Wildman–Crippen MR) is 51.5 cm³/mol. The first-order chi connectivity index (χ1) is 6.60. The molecule has 2 saturated heterocycles.